The molecule has 1 saturated carbocycles. The molecule has 0 bridgehead atoms. The molecule has 1 aliphatic carbocycles. The Bertz CT molecular complexity index is 788. The summed E-state index contributed by atoms with van der Waals surface area (Å²) in [5.74, 6) is 1.22. The summed E-state index contributed by atoms with van der Waals surface area (Å²) in [7, 11) is 0. The monoisotopic (exact) mass is 358 g/mol. The Morgan fingerprint density at radius 2 is 2.04 bits per heavy atom. The zero-order chi connectivity index (χ0) is 18.3. The fourth-order valence-corrected chi connectivity index (χ4v) is 3.79. The normalized spacial score (nSPS) is 27.2. The van der Waals surface area contributed by atoms with Crippen molar-refractivity contribution in [2.75, 3.05) is 6.79 Å². The Kier molecular flexibility index (Phi) is 4.22. The number of carbonyl (C=O) groups excluding carboxylic acids is 2. The molecule has 0 aromatic heterocycles. The number of urea groups is 1. The van der Waals surface area contributed by atoms with E-state index in [4.69, 9.17) is 14.2 Å². The van der Waals surface area contributed by atoms with Gasteiger partial charge in [-0.15, -0.1) is 0 Å². The topological polar surface area (TPSA) is 85.9 Å². The van der Waals surface area contributed by atoms with Crippen molar-refractivity contribution >= 4 is 12.0 Å². The maximum absolute atomic E-state index is 12.9. The predicted molar refractivity (Wildman–Crippen MR) is 92.6 cm³/mol. The number of ether oxygens (including phenoxy) is 3. The number of hydrogen-bond donors (Lipinski definition) is 2. The van der Waals surface area contributed by atoms with E-state index < -0.39 is 12.0 Å². The minimum atomic E-state index is -0.595. The molecule has 0 radical (unpaired) electrons. The fraction of sp³-hybridized carbons (Fsp3) is 0.474. The maximum Gasteiger partial charge on any atom is 0.338 e. The van der Waals surface area contributed by atoms with Gasteiger partial charge in [0.2, 0.25) is 6.79 Å². The Balaban J connectivity index is 1.64. The van der Waals surface area contributed by atoms with Crippen molar-refractivity contribution < 1.29 is 23.8 Å². The minimum absolute atomic E-state index is 0.0715. The van der Waals surface area contributed by atoms with Crippen LogP contribution in [-0.4, -0.2) is 24.9 Å². The van der Waals surface area contributed by atoms with Crippen molar-refractivity contribution in [3.05, 3.63) is 35.0 Å². The van der Waals surface area contributed by atoms with Gasteiger partial charge in [0.15, 0.2) is 11.5 Å². The highest BCUT2D eigenvalue weighted by Gasteiger charge is 2.35. The summed E-state index contributed by atoms with van der Waals surface area (Å²) >= 11 is 0. The number of esters is 1. The molecule has 1 aromatic rings. The van der Waals surface area contributed by atoms with E-state index >= 15 is 0 Å². The van der Waals surface area contributed by atoms with Crippen LogP contribution < -0.4 is 20.1 Å². The van der Waals surface area contributed by atoms with E-state index in [1.807, 2.05) is 6.07 Å². The number of hydrogen-bond acceptors (Lipinski definition) is 5. The van der Waals surface area contributed by atoms with Gasteiger partial charge < -0.3 is 24.8 Å². The smallest absolute Gasteiger partial charge is 0.338 e. The molecule has 0 unspecified atom stereocenters. The molecule has 0 saturated heterocycles. The Morgan fingerprint density at radius 1 is 1.23 bits per heavy atom. The number of carbonyl (C=O) groups is 2. The van der Waals surface area contributed by atoms with Gasteiger partial charge in [0.1, 0.15) is 6.10 Å². The highest BCUT2D eigenvalue weighted by atomic mass is 16.7. The first-order valence-corrected chi connectivity index (χ1v) is 8.91. The van der Waals surface area contributed by atoms with Gasteiger partial charge in [0.25, 0.3) is 0 Å². The lowest BCUT2D eigenvalue weighted by Gasteiger charge is -2.29. The average Bonchev–Trinajstić information content (AvgIpc) is 3.22. The second-order valence-corrected chi connectivity index (χ2v) is 7.03. The van der Waals surface area contributed by atoms with Crippen LogP contribution in [0.15, 0.2) is 29.5 Å². The third-order valence-corrected chi connectivity index (χ3v) is 5.26. The quantitative estimate of drug-likeness (QED) is 0.812. The molecule has 2 aliphatic heterocycles. The molecule has 7 nitrogen and oxygen atoms in total. The van der Waals surface area contributed by atoms with Crippen molar-refractivity contribution in [1.82, 2.24) is 10.6 Å². The number of rotatable bonds is 3. The van der Waals surface area contributed by atoms with Gasteiger partial charge in [-0.1, -0.05) is 13.0 Å². The van der Waals surface area contributed by atoms with Crippen LogP contribution in [0, 0.1) is 5.92 Å². The number of benzene rings is 1. The van der Waals surface area contributed by atoms with Gasteiger partial charge >= 0.3 is 12.0 Å². The number of nitrogens with one attached hydrogen (secondary N) is 2. The van der Waals surface area contributed by atoms with Crippen LogP contribution in [0.5, 0.6) is 11.5 Å². The van der Waals surface area contributed by atoms with Gasteiger partial charge in [0, 0.05) is 5.70 Å². The van der Waals surface area contributed by atoms with Gasteiger partial charge in [-0.05, 0) is 49.8 Å². The van der Waals surface area contributed by atoms with Crippen LogP contribution in [0.4, 0.5) is 4.79 Å². The predicted octanol–water partition coefficient (Wildman–Crippen LogP) is 2.78. The molecular formula is C19H22N2O5. The minimum Gasteiger partial charge on any atom is -0.459 e. The lowest BCUT2D eigenvalue weighted by molar-refractivity contribution is -0.146. The number of allylic oxidation sites excluding steroid dienone is 1. The molecule has 26 heavy (non-hydrogen) atoms. The first-order valence-electron chi connectivity index (χ1n) is 8.91. The van der Waals surface area contributed by atoms with Gasteiger partial charge in [-0.3, -0.25) is 0 Å². The first kappa shape index (κ1) is 16.8. The second kappa shape index (κ2) is 6.55. The first-order chi connectivity index (χ1) is 12.5. The number of amides is 2. The van der Waals surface area contributed by atoms with E-state index in [2.05, 4.69) is 17.6 Å². The molecular weight excluding hydrogens is 336 g/mol. The van der Waals surface area contributed by atoms with Crippen molar-refractivity contribution in [2.45, 2.75) is 45.3 Å². The fourth-order valence-electron chi connectivity index (χ4n) is 3.79. The zero-order valence-electron chi connectivity index (χ0n) is 14.8. The summed E-state index contributed by atoms with van der Waals surface area (Å²) in [6.07, 6.45) is 2.94. The molecule has 138 valence electrons. The van der Waals surface area contributed by atoms with Crippen LogP contribution >= 0.6 is 0 Å². The van der Waals surface area contributed by atoms with Crippen molar-refractivity contribution in [3.63, 3.8) is 0 Å². The molecule has 1 aromatic carbocycles. The van der Waals surface area contributed by atoms with Crippen LogP contribution in [0.3, 0.4) is 0 Å². The molecule has 0 spiro atoms. The lowest BCUT2D eigenvalue weighted by Crippen LogP contribution is -2.45. The van der Waals surface area contributed by atoms with E-state index in [-0.39, 0.29) is 18.9 Å². The van der Waals surface area contributed by atoms with Crippen LogP contribution in [0.25, 0.3) is 0 Å². The Morgan fingerprint density at radius 3 is 2.81 bits per heavy atom. The average molecular weight is 358 g/mol. The molecule has 2 amide bonds. The summed E-state index contributed by atoms with van der Waals surface area (Å²) in [6, 6.07) is 4.45. The van der Waals surface area contributed by atoms with E-state index in [1.165, 1.54) is 0 Å². The van der Waals surface area contributed by atoms with Crippen LogP contribution in [0.1, 0.15) is 44.7 Å². The molecule has 3 aliphatic rings. The Labute approximate surface area is 151 Å². The van der Waals surface area contributed by atoms with Crippen molar-refractivity contribution in [1.29, 1.82) is 0 Å². The van der Waals surface area contributed by atoms with Crippen molar-refractivity contribution in [3.8, 4) is 11.5 Å². The van der Waals surface area contributed by atoms with Crippen LogP contribution in [0.2, 0.25) is 0 Å². The SMILES string of the molecule is CC1=C(C(=O)O[C@H]2CCC[C@H]2C)[C@@H](c2ccc3c(c2)OCO3)NC(=O)N1. The summed E-state index contributed by atoms with van der Waals surface area (Å²) in [5, 5.41) is 5.49. The van der Waals surface area contributed by atoms with Gasteiger partial charge in [-0.2, -0.15) is 0 Å². The molecule has 1 fully saturated rings. The largest absolute Gasteiger partial charge is 0.459 e. The third-order valence-electron chi connectivity index (χ3n) is 5.26. The van der Waals surface area contributed by atoms with E-state index in [0.717, 1.165) is 24.8 Å². The van der Waals surface area contributed by atoms with Gasteiger partial charge in [0.05, 0.1) is 11.6 Å². The summed E-state index contributed by atoms with van der Waals surface area (Å²) in [6.45, 7) is 3.98. The van der Waals surface area contributed by atoms with Crippen molar-refractivity contribution in [2.24, 2.45) is 5.92 Å². The summed E-state index contributed by atoms with van der Waals surface area (Å²) < 4.78 is 16.5. The second-order valence-electron chi connectivity index (χ2n) is 7.03. The maximum atomic E-state index is 12.9. The highest BCUT2D eigenvalue weighted by molar-refractivity contribution is 5.95. The number of fused-ring (bicyclic) bond motifs is 1. The van der Waals surface area contributed by atoms with E-state index in [9.17, 15) is 9.59 Å². The molecule has 3 atom stereocenters. The van der Waals surface area contributed by atoms with Crippen LogP contribution in [-0.2, 0) is 9.53 Å². The molecule has 2 N–H and O–H groups in total. The lowest BCUT2D eigenvalue weighted by atomic mass is 9.95. The highest BCUT2D eigenvalue weighted by Crippen LogP contribution is 2.37. The zero-order valence-corrected chi connectivity index (χ0v) is 14.8. The van der Waals surface area contributed by atoms with E-state index in [1.54, 1.807) is 19.1 Å². The molecule has 4 rings (SSSR count). The van der Waals surface area contributed by atoms with E-state index in [0.29, 0.717) is 28.7 Å². The summed E-state index contributed by atoms with van der Waals surface area (Å²) in [4.78, 5) is 24.9. The molecule has 7 heteroatoms. The summed E-state index contributed by atoms with van der Waals surface area (Å²) in [5.41, 5.74) is 1.67. The third kappa shape index (κ3) is 2.98. The standard InChI is InChI=1S/C19H22N2O5/c1-10-4-3-5-13(10)26-18(22)16-11(2)20-19(23)21-17(16)12-6-7-14-15(8-12)25-9-24-14/h6-8,10,13,17H,3-5,9H2,1-2H3,(H2,20,21,23)/t10-,13+,17-/m1/s1. The Hall–Kier alpha value is -2.70. The van der Waals surface area contributed by atoms with Gasteiger partial charge in [-0.25, -0.2) is 9.59 Å². The molecule has 2 heterocycles.